The fraction of sp³-hybridized carbons (Fsp3) is 0.417. The van der Waals surface area contributed by atoms with Crippen LogP contribution in [-0.4, -0.2) is 19.6 Å². The van der Waals surface area contributed by atoms with E-state index < -0.39 is 5.82 Å². The maximum atomic E-state index is 13.0. The van der Waals surface area contributed by atoms with Crippen LogP contribution in [0, 0.1) is 5.82 Å². The van der Waals surface area contributed by atoms with Gasteiger partial charge in [-0.2, -0.15) is 0 Å². The molecular weight excluding hydrogens is 245 g/mol. The van der Waals surface area contributed by atoms with Crippen molar-refractivity contribution in [2.75, 3.05) is 13.7 Å². The summed E-state index contributed by atoms with van der Waals surface area (Å²) in [7, 11) is 1.72. The molecule has 0 amide bonds. The van der Waals surface area contributed by atoms with Gasteiger partial charge in [-0.05, 0) is 31.7 Å². The van der Waals surface area contributed by atoms with Crippen molar-refractivity contribution in [2.45, 2.75) is 19.4 Å². The standard InChI is InChI=1S/C12H15ClFNO2/c1-3-17-12(16)7-11(15-2)8-4-5-10(14)9(13)6-8/h4-6,11,15H,3,7H2,1-2H3. The van der Waals surface area contributed by atoms with Crippen molar-refractivity contribution in [1.29, 1.82) is 0 Å². The van der Waals surface area contributed by atoms with E-state index >= 15 is 0 Å². The number of hydrogen-bond acceptors (Lipinski definition) is 3. The van der Waals surface area contributed by atoms with Crippen molar-refractivity contribution in [1.82, 2.24) is 5.32 Å². The monoisotopic (exact) mass is 259 g/mol. The zero-order valence-corrected chi connectivity index (χ0v) is 10.6. The first kappa shape index (κ1) is 13.9. The Morgan fingerprint density at radius 3 is 2.82 bits per heavy atom. The molecule has 94 valence electrons. The van der Waals surface area contributed by atoms with Gasteiger partial charge in [0.1, 0.15) is 5.82 Å². The molecule has 0 saturated carbocycles. The number of carbonyl (C=O) groups excluding carboxylic acids is 1. The molecule has 0 aliphatic carbocycles. The van der Waals surface area contributed by atoms with Crippen LogP contribution in [0.4, 0.5) is 4.39 Å². The van der Waals surface area contributed by atoms with Gasteiger partial charge in [-0.25, -0.2) is 4.39 Å². The highest BCUT2D eigenvalue weighted by Crippen LogP contribution is 2.23. The molecule has 1 atom stereocenters. The first-order valence-electron chi connectivity index (χ1n) is 5.36. The highest BCUT2D eigenvalue weighted by Gasteiger charge is 2.16. The average Bonchev–Trinajstić information content (AvgIpc) is 2.30. The van der Waals surface area contributed by atoms with Crippen LogP contribution in [0.3, 0.4) is 0 Å². The van der Waals surface area contributed by atoms with Gasteiger partial charge in [0.15, 0.2) is 0 Å². The third-order valence-electron chi connectivity index (χ3n) is 2.37. The molecule has 3 nitrogen and oxygen atoms in total. The first-order valence-corrected chi connectivity index (χ1v) is 5.74. The Kier molecular flexibility index (Phi) is 5.38. The minimum Gasteiger partial charge on any atom is -0.466 e. The minimum atomic E-state index is -0.471. The van der Waals surface area contributed by atoms with Crippen molar-refractivity contribution in [2.24, 2.45) is 0 Å². The lowest BCUT2D eigenvalue weighted by molar-refractivity contribution is -0.143. The number of hydrogen-bond donors (Lipinski definition) is 1. The Hall–Kier alpha value is -1.13. The number of nitrogens with one attached hydrogen (secondary N) is 1. The lowest BCUT2D eigenvalue weighted by atomic mass is 10.0. The molecule has 17 heavy (non-hydrogen) atoms. The number of halogens is 2. The molecule has 0 fully saturated rings. The third kappa shape index (κ3) is 3.98. The second-order valence-corrected chi connectivity index (χ2v) is 3.93. The summed E-state index contributed by atoms with van der Waals surface area (Å²) in [5, 5.41) is 3.02. The van der Waals surface area contributed by atoms with Crippen LogP contribution in [0.25, 0.3) is 0 Å². The van der Waals surface area contributed by atoms with E-state index in [1.54, 1.807) is 20.0 Å². The predicted molar refractivity (Wildman–Crippen MR) is 64.5 cm³/mol. The number of esters is 1. The Balaban J connectivity index is 2.79. The van der Waals surface area contributed by atoms with Crippen LogP contribution in [-0.2, 0) is 9.53 Å². The Morgan fingerprint density at radius 2 is 2.29 bits per heavy atom. The summed E-state index contributed by atoms with van der Waals surface area (Å²) >= 11 is 5.69. The Bertz CT molecular complexity index is 398. The molecule has 1 N–H and O–H groups in total. The highest BCUT2D eigenvalue weighted by molar-refractivity contribution is 6.30. The van der Waals surface area contributed by atoms with Crippen molar-refractivity contribution in [3.8, 4) is 0 Å². The molecule has 0 aromatic heterocycles. The average molecular weight is 260 g/mol. The van der Waals surface area contributed by atoms with E-state index in [0.717, 1.165) is 5.56 Å². The van der Waals surface area contributed by atoms with E-state index in [1.807, 2.05) is 0 Å². The maximum Gasteiger partial charge on any atom is 0.307 e. The highest BCUT2D eigenvalue weighted by atomic mass is 35.5. The molecule has 5 heteroatoms. The summed E-state index contributed by atoms with van der Waals surface area (Å²) < 4.78 is 17.9. The molecule has 0 heterocycles. The van der Waals surface area contributed by atoms with E-state index in [-0.39, 0.29) is 23.5 Å². The zero-order chi connectivity index (χ0) is 12.8. The van der Waals surface area contributed by atoms with Crippen molar-refractivity contribution in [3.63, 3.8) is 0 Å². The molecule has 1 rings (SSSR count). The van der Waals surface area contributed by atoms with Crippen LogP contribution in [0.5, 0.6) is 0 Å². The Morgan fingerprint density at radius 1 is 1.59 bits per heavy atom. The van der Waals surface area contributed by atoms with Gasteiger partial charge >= 0.3 is 5.97 Å². The van der Waals surface area contributed by atoms with Gasteiger partial charge in [0.25, 0.3) is 0 Å². The smallest absolute Gasteiger partial charge is 0.307 e. The summed E-state index contributed by atoms with van der Waals surface area (Å²) in [5.41, 5.74) is 0.756. The van der Waals surface area contributed by atoms with E-state index in [9.17, 15) is 9.18 Å². The quantitative estimate of drug-likeness (QED) is 0.827. The molecule has 1 aromatic carbocycles. The Labute approximate surface area is 105 Å². The fourth-order valence-corrected chi connectivity index (χ4v) is 1.69. The minimum absolute atomic E-state index is 0.0478. The van der Waals surface area contributed by atoms with Gasteiger partial charge in [-0.15, -0.1) is 0 Å². The summed E-state index contributed by atoms with van der Waals surface area (Å²) in [5.74, 6) is -0.770. The van der Waals surface area contributed by atoms with Gasteiger partial charge in [-0.1, -0.05) is 17.7 Å². The molecule has 0 spiro atoms. The fourth-order valence-electron chi connectivity index (χ4n) is 1.50. The van der Waals surface area contributed by atoms with Crippen molar-refractivity contribution < 1.29 is 13.9 Å². The summed E-state index contributed by atoms with van der Waals surface area (Å²) in [6.45, 7) is 2.10. The lowest BCUT2D eigenvalue weighted by Crippen LogP contribution is -2.21. The van der Waals surface area contributed by atoms with Gasteiger partial charge in [0.05, 0.1) is 18.1 Å². The van der Waals surface area contributed by atoms with Gasteiger partial charge in [0.2, 0.25) is 0 Å². The van der Waals surface area contributed by atoms with Crippen molar-refractivity contribution in [3.05, 3.63) is 34.6 Å². The lowest BCUT2D eigenvalue weighted by Gasteiger charge is -2.16. The van der Waals surface area contributed by atoms with Crippen molar-refractivity contribution >= 4 is 17.6 Å². The predicted octanol–water partition coefficient (Wildman–Crippen LogP) is 2.69. The molecule has 0 aliphatic rings. The van der Waals surface area contributed by atoms with Crippen LogP contribution in [0.2, 0.25) is 5.02 Å². The molecule has 0 bridgehead atoms. The molecule has 0 saturated heterocycles. The van der Waals surface area contributed by atoms with E-state index in [4.69, 9.17) is 16.3 Å². The second kappa shape index (κ2) is 6.57. The van der Waals surface area contributed by atoms with E-state index in [0.29, 0.717) is 6.61 Å². The number of benzene rings is 1. The topological polar surface area (TPSA) is 38.3 Å². The van der Waals surface area contributed by atoms with Crippen LogP contribution in [0.1, 0.15) is 24.9 Å². The molecule has 1 aromatic rings. The third-order valence-corrected chi connectivity index (χ3v) is 2.66. The van der Waals surface area contributed by atoms with Crippen LogP contribution >= 0.6 is 11.6 Å². The molecule has 1 unspecified atom stereocenters. The summed E-state index contributed by atoms with van der Waals surface area (Å²) in [4.78, 5) is 11.4. The number of rotatable bonds is 5. The molecule has 0 radical (unpaired) electrons. The maximum absolute atomic E-state index is 13.0. The van der Waals surface area contributed by atoms with Crippen LogP contribution in [0.15, 0.2) is 18.2 Å². The van der Waals surface area contributed by atoms with E-state index in [1.165, 1.54) is 12.1 Å². The largest absolute Gasteiger partial charge is 0.466 e. The first-order chi connectivity index (χ1) is 8.08. The molecule has 0 aliphatic heterocycles. The van der Waals surface area contributed by atoms with Gasteiger partial charge in [0, 0.05) is 6.04 Å². The number of ether oxygens (including phenoxy) is 1. The second-order valence-electron chi connectivity index (χ2n) is 3.52. The summed E-state index contributed by atoms with van der Waals surface area (Å²) in [6, 6.07) is 4.17. The zero-order valence-electron chi connectivity index (χ0n) is 9.80. The van der Waals surface area contributed by atoms with Gasteiger partial charge < -0.3 is 10.1 Å². The molecular formula is C12H15ClFNO2. The SMILES string of the molecule is CCOC(=O)CC(NC)c1ccc(F)c(Cl)c1. The normalized spacial score (nSPS) is 12.2. The van der Waals surface area contributed by atoms with Gasteiger partial charge in [-0.3, -0.25) is 4.79 Å². The van der Waals surface area contributed by atoms with Crippen LogP contribution < -0.4 is 5.32 Å². The van der Waals surface area contributed by atoms with E-state index in [2.05, 4.69) is 5.32 Å². The summed E-state index contributed by atoms with van der Waals surface area (Å²) in [6.07, 6.45) is 0.187. The number of carbonyl (C=O) groups is 1.